The second-order valence-corrected chi connectivity index (χ2v) is 9.54. The zero-order valence-electron chi connectivity index (χ0n) is 15.4. The first-order chi connectivity index (χ1) is 11.8. The number of rotatable bonds is 1. The minimum atomic E-state index is -0.221. The van der Waals surface area contributed by atoms with Gasteiger partial charge in [0.15, 0.2) is 11.9 Å². The Labute approximate surface area is 149 Å². The molecule has 1 spiro atoms. The number of hydrogen-bond acceptors (Lipinski definition) is 4. The second kappa shape index (κ2) is 4.76. The van der Waals surface area contributed by atoms with Gasteiger partial charge in [-0.05, 0) is 62.4 Å². The summed E-state index contributed by atoms with van der Waals surface area (Å²) in [6, 6.07) is 0. The van der Waals surface area contributed by atoms with E-state index in [1.165, 1.54) is 6.92 Å². The van der Waals surface area contributed by atoms with Gasteiger partial charge in [-0.2, -0.15) is 0 Å². The van der Waals surface area contributed by atoms with Crippen LogP contribution in [0.15, 0.2) is 12.2 Å². The summed E-state index contributed by atoms with van der Waals surface area (Å²) in [7, 11) is 0. The monoisotopic (exact) mass is 344 g/mol. The summed E-state index contributed by atoms with van der Waals surface area (Å²) in [5.74, 6) is 1.86. The Kier molecular flexibility index (Phi) is 3.06. The molecular weight excluding hydrogens is 316 g/mol. The summed E-state index contributed by atoms with van der Waals surface area (Å²) < 4.78 is 11.8. The SMILES string of the molecule is CC(=O)O[C@@H]1CC[C@@H]2[C@@H]3CC[C@]45O[C@@H]4C(=O)C=C[C@]5(C)[C@@H]3CC[C@@]21C. The number of epoxide rings is 1. The van der Waals surface area contributed by atoms with Crippen LogP contribution in [0, 0.1) is 28.6 Å². The van der Waals surface area contributed by atoms with Gasteiger partial charge in [0, 0.05) is 17.8 Å². The molecular formula is C21H28O4. The van der Waals surface area contributed by atoms with Crippen LogP contribution in [-0.2, 0) is 19.1 Å². The summed E-state index contributed by atoms with van der Waals surface area (Å²) in [6.07, 6.45) is 10.4. The standard InChI is InChI=1S/C21H28O4/c1-12(22)24-17-5-4-14-13-6-11-21-18(25-21)16(23)8-10-20(21,3)15(13)7-9-19(14,17)2/h8,10,13-15,17-18H,4-7,9,11H2,1-3H3/t13-,14+,15+,17+,18+,19-,20+,21-/m0/s1. The predicted octanol–water partition coefficient (Wildman–Crippen LogP) is 3.44. The van der Waals surface area contributed by atoms with Crippen LogP contribution in [0.25, 0.3) is 0 Å². The van der Waals surface area contributed by atoms with Crippen LogP contribution in [0.1, 0.15) is 59.3 Å². The van der Waals surface area contributed by atoms with E-state index in [4.69, 9.17) is 9.47 Å². The third kappa shape index (κ3) is 1.82. The van der Waals surface area contributed by atoms with E-state index in [2.05, 4.69) is 19.9 Å². The molecule has 4 fully saturated rings. The fourth-order valence-electron chi connectivity index (χ4n) is 7.42. The fourth-order valence-corrected chi connectivity index (χ4v) is 7.42. The van der Waals surface area contributed by atoms with E-state index in [9.17, 15) is 9.59 Å². The Morgan fingerprint density at radius 1 is 1.16 bits per heavy atom. The lowest BCUT2D eigenvalue weighted by Gasteiger charge is -2.57. The van der Waals surface area contributed by atoms with Crippen LogP contribution < -0.4 is 0 Å². The number of fused-ring (bicyclic) bond motifs is 4. The largest absolute Gasteiger partial charge is 0.462 e. The van der Waals surface area contributed by atoms with E-state index < -0.39 is 0 Å². The van der Waals surface area contributed by atoms with Crippen LogP contribution >= 0.6 is 0 Å². The van der Waals surface area contributed by atoms with Crippen molar-refractivity contribution in [2.45, 2.75) is 77.1 Å². The molecule has 0 amide bonds. The smallest absolute Gasteiger partial charge is 0.302 e. The van der Waals surface area contributed by atoms with Gasteiger partial charge in [0.2, 0.25) is 0 Å². The molecule has 0 aromatic heterocycles. The highest BCUT2D eigenvalue weighted by Gasteiger charge is 2.75. The van der Waals surface area contributed by atoms with Gasteiger partial charge in [-0.15, -0.1) is 0 Å². The normalized spacial score (nSPS) is 55.6. The van der Waals surface area contributed by atoms with Crippen molar-refractivity contribution >= 4 is 11.8 Å². The highest BCUT2D eigenvalue weighted by Crippen LogP contribution is 2.71. The molecule has 4 aliphatic carbocycles. The molecule has 8 atom stereocenters. The fraction of sp³-hybridized carbons (Fsp3) is 0.810. The summed E-state index contributed by atoms with van der Waals surface area (Å²) >= 11 is 0. The molecule has 0 aromatic rings. The molecule has 1 saturated heterocycles. The first-order valence-electron chi connectivity index (χ1n) is 9.90. The van der Waals surface area contributed by atoms with Crippen molar-refractivity contribution in [2.75, 3.05) is 0 Å². The van der Waals surface area contributed by atoms with Crippen LogP contribution in [0.4, 0.5) is 0 Å². The van der Waals surface area contributed by atoms with Crippen molar-refractivity contribution in [1.82, 2.24) is 0 Å². The molecule has 5 rings (SSSR count). The van der Waals surface area contributed by atoms with Gasteiger partial charge in [0.25, 0.3) is 0 Å². The van der Waals surface area contributed by atoms with Gasteiger partial charge in [0.1, 0.15) is 11.7 Å². The average molecular weight is 344 g/mol. The summed E-state index contributed by atoms with van der Waals surface area (Å²) in [5, 5.41) is 0. The van der Waals surface area contributed by atoms with Gasteiger partial charge in [-0.3, -0.25) is 9.59 Å². The molecule has 0 unspecified atom stereocenters. The highest BCUT2D eigenvalue weighted by atomic mass is 16.6. The quantitative estimate of drug-likeness (QED) is 0.540. The van der Waals surface area contributed by atoms with E-state index in [-0.39, 0.29) is 40.4 Å². The Morgan fingerprint density at radius 2 is 1.96 bits per heavy atom. The molecule has 0 radical (unpaired) electrons. The second-order valence-electron chi connectivity index (χ2n) is 9.54. The maximum absolute atomic E-state index is 12.1. The van der Waals surface area contributed by atoms with Crippen LogP contribution in [-0.4, -0.2) is 29.6 Å². The molecule has 1 heterocycles. The Balaban J connectivity index is 1.47. The topological polar surface area (TPSA) is 55.9 Å². The molecule has 5 aliphatic rings. The third-order valence-electron chi connectivity index (χ3n) is 8.74. The van der Waals surface area contributed by atoms with Crippen molar-refractivity contribution in [2.24, 2.45) is 28.6 Å². The number of esters is 1. The van der Waals surface area contributed by atoms with Crippen LogP contribution in [0.3, 0.4) is 0 Å². The summed E-state index contributed by atoms with van der Waals surface area (Å²) in [4.78, 5) is 23.6. The van der Waals surface area contributed by atoms with Gasteiger partial charge >= 0.3 is 5.97 Å². The van der Waals surface area contributed by atoms with Gasteiger partial charge in [0.05, 0.1) is 0 Å². The van der Waals surface area contributed by atoms with E-state index >= 15 is 0 Å². The van der Waals surface area contributed by atoms with Crippen molar-refractivity contribution in [3.63, 3.8) is 0 Å². The lowest BCUT2D eigenvalue weighted by atomic mass is 9.46. The molecule has 0 bridgehead atoms. The van der Waals surface area contributed by atoms with E-state index in [0.29, 0.717) is 17.8 Å². The van der Waals surface area contributed by atoms with Crippen molar-refractivity contribution in [3.05, 3.63) is 12.2 Å². The average Bonchev–Trinajstić information content (AvgIpc) is 3.22. The van der Waals surface area contributed by atoms with Crippen molar-refractivity contribution < 1.29 is 19.1 Å². The number of carbonyl (C=O) groups excluding carboxylic acids is 2. The highest BCUT2D eigenvalue weighted by molar-refractivity contribution is 5.98. The number of carbonyl (C=O) groups is 2. The number of ether oxygens (including phenoxy) is 2. The predicted molar refractivity (Wildman–Crippen MR) is 91.7 cm³/mol. The molecule has 1 aliphatic heterocycles. The zero-order chi connectivity index (χ0) is 17.6. The molecule has 4 heteroatoms. The van der Waals surface area contributed by atoms with Gasteiger partial charge in [-0.1, -0.05) is 19.9 Å². The molecule has 0 aromatic carbocycles. The van der Waals surface area contributed by atoms with E-state index in [0.717, 1.165) is 38.5 Å². The Hall–Kier alpha value is -1.16. The molecule has 4 nitrogen and oxygen atoms in total. The lowest BCUT2D eigenvalue weighted by Crippen LogP contribution is -2.57. The van der Waals surface area contributed by atoms with Crippen LogP contribution in [0.2, 0.25) is 0 Å². The van der Waals surface area contributed by atoms with Gasteiger partial charge in [-0.25, -0.2) is 0 Å². The number of ketones is 1. The summed E-state index contributed by atoms with van der Waals surface area (Å²) in [6.45, 7) is 6.20. The zero-order valence-corrected chi connectivity index (χ0v) is 15.4. The molecule has 3 saturated carbocycles. The maximum atomic E-state index is 12.1. The third-order valence-corrected chi connectivity index (χ3v) is 8.74. The lowest BCUT2D eigenvalue weighted by molar-refractivity contribution is -0.158. The number of hydrogen-bond donors (Lipinski definition) is 0. The Morgan fingerprint density at radius 3 is 2.72 bits per heavy atom. The minimum absolute atomic E-state index is 0.0185. The molecule has 0 N–H and O–H groups in total. The minimum Gasteiger partial charge on any atom is -0.462 e. The van der Waals surface area contributed by atoms with E-state index in [1.807, 2.05) is 0 Å². The molecule has 25 heavy (non-hydrogen) atoms. The van der Waals surface area contributed by atoms with Gasteiger partial charge < -0.3 is 9.47 Å². The van der Waals surface area contributed by atoms with Crippen molar-refractivity contribution in [3.8, 4) is 0 Å². The maximum Gasteiger partial charge on any atom is 0.302 e. The first kappa shape index (κ1) is 16.0. The van der Waals surface area contributed by atoms with Crippen LogP contribution in [0.5, 0.6) is 0 Å². The Bertz CT molecular complexity index is 683. The molecule has 136 valence electrons. The van der Waals surface area contributed by atoms with Crippen molar-refractivity contribution in [1.29, 1.82) is 0 Å². The summed E-state index contributed by atoms with van der Waals surface area (Å²) in [5.41, 5.74) is -0.122. The van der Waals surface area contributed by atoms with E-state index in [1.54, 1.807) is 6.08 Å². The first-order valence-corrected chi connectivity index (χ1v) is 9.90.